The predicted molar refractivity (Wildman–Crippen MR) is 81.6 cm³/mol. The van der Waals surface area contributed by atoms with Crippen LogP contribution in [0.25, 0.3) is 5.52 Å². The minimum Gasteiger partial charge on any atom is -0.469 e. The third-order valence-electron chi connectivity index (χ3n) is 3.47. The fourth-order valence-electron chi connectivity index (χ4n) is 2.20. The van der Waals surface area contributed by atoms with Gasteiger partial charge in [0.15, 0.2) is 5.82 Å². The highest BCUT2D eigenvalue weighted by atomic mass is 16.5. The molecule has 2 aromatic rings. The molecular formula is C15H22N4O2. The molecule has 0 saturated carbocycles. The maximum Gasteiger partial charge on any atom is 0.307 e. The molecule has 0 aliphatic rings. The minimum absolute atomic E-state index is 0.211. The van der Waals surface area contributed by atoms with Gasteiger partial charge in [-0.05, 0) is 18.9 Å². The molecule has 0 spiro atoms. The topological polar surface area (TPSA) is 59.7 Å². The Bertz CT molecular complexity index is 621. The zero-order valence-corrected chi connectivity index (χ0v) is 13.0. The van der Waals surface area contributed by atoms with Gasteiger partial charge in [0, 0.05) is 25.5 Å². The van der Waals surface area contributed by atoms with Crippen molar-refractivity contribution in [1.29, 1.82) is 0 Å². The van der Waals surface area contributed by atoms with E-state index >= 15 is 0 Å². The number of carbonyl (C=O) groups excluding carboxylic acids is 1. The summed E-state index contributed by atoms with van der Waals surface area (Å²) >= 11 is 0. The molecule has 0 radical (unpaired) electrons. The molecule has 0 atom stereocenters. The molecule has 0 saturated heterocycles. The first-order valence-corrected chi connectivity index (χ1v) is 7.22. The second-order valence-corrected chi connectivity index (χ2v) is 5.21. The lowest BCUT2D eigenvalue weighted by Crippen LogP contribution is -2.27. The smallest absolute Gasteiger partial charge is 0.307 e. The van der Waals surface area contributed by atoms with E-state index in [2.05, 4.69) is 34.9 Å². The Labute approximate surface area is 124 Å². The van der Waals surface area contributed by atoms with Gasteiger partial charge in [0.05, 0.1) is 19.2 Å². The Morgan fingerprint density at radius 1 is 1.48 bits per heavy atom. The van der Waals surface area contributed by atoms with Gasteiger partial charge < -0.3 is 9.64 Å². The SMILES string of the molecule is CCN(CCC(=O)OC)c1nccn2nc(C(C)C)cc12. The third kappa shape index (κ3) is 3.32. The lowest BCUT2D eigenvalue weighted by molar-refractivity contribution is -0.140. The zero-order chi connectivity index (χ0) is 15.4. The van der Waals surface area contributed by atoms with Crippen LogP contribution < -0.4 is 4.90 Å². The van der Waals surface area contributed by atoms with Crippen LogP contribution in [0.4, 0.5) is 5.82 Å². The maximum atomic E-state index is 11.3. The van der Waals surface area contributed by atoms with Crippen molar-refractivity contribution in [2.24, 2.45) is 0 Å². The Morgan fingerprint density at radius 2 is 2.24 bits per heavy atom. The van der Waals surface area contributed by atoms with Gasteiger partial charge in [-0.15, -0.1) is 0 Å². The second-order valence-electron chi connectivity index (χ2n) is 5.21. The number of hydrogen-bond donors (Lipinski definition) is 0. The molecule has 0 aliphatic carbocycles. The van der Waals surface area contributed by atoms with Gasteiger partial charge in [-0.3, -0.25) is 4.79 Å². The first-order chi connectivity index (χ1) is 10.1. The molecule has 0 amide bonds. The molecule has 114 valence electrons. The highest BCUT2D eigenvalue weighted by Gasteiger charge is 2.15. The lowest BCUT2D eigenvalue weighted by atomic mass is 10.1. The van der Waals surface area contributed by atoms with Gasteiger partial charge in [0.1, 0.15) is 5.52 Å². The van der Waals surface area contributed by atoms with Gasteiger partial charge in [-0.2, -0.15) is 5.10 Å². The monoisotopic (exact) mass is 290 g/mol. The van der Waals surface area contributed by atoms with Crippen LogP contribution in [-0.4, -0.2) is 40.8 Å². The van der Waals surface area contributed by atoms with E-state index in [4.69, 9.17) is 4.74 Å². The molecule has 21 heavy (non-hydrogen) atoms. The van der Waals surface area contributed by atoms with Crippen molar-refractivity contribution < 1.29 is 9.53 Å². The Morgan fingerprint density at radius 3 is 2.86 bits per heavy atom. The van der Waals surface area contributed by atoms with Gasteiger partial charge in [-0.25, -0.2) is 9.50 Å². The highest BCUT2D eigenvalue weighted by Crippen LogP contribution is 2.22. The number of carbonyl (C=O) groups is 1. The molecule has 0 unspecified atom stereocenters. The van der Waals surface area contributed by atoms with E-state index in [1.807, 2.05) is 17.6 Å². The van der Waals surface area contributed by atoms with Crippen molar-refractivity contribution in [1.82, 2.24) is 14.6 Å². The molecule has 2 aromatic heterocycles. The lowest BCUT2D eigenvalue weighted by Gasteiger charge is -2.21. The molecule has 6 nitrogen and oxygen atoms in total. The molecule has 0 N–H and O–H groups in total. The number of rotatable bonds is 6. The molecular weight excluding hydrogens is 268 g/mol. The summed E-state index contributed by atoms with van der Waals surface area (Å²) in [4.78, 5) is 17.9. The average molecular weight is 290 g/mol. The summed E-state index contributed by atoms with van der Waals surface area (Å²) in [5, 5.41) is 4.56. The first kappa shape index (κ1) is 15.3. The molecule has 0 aromatic carbocycles. The average Bonchev–Trinajstić information content (AvgIpc) is 2.92. The van der Waals surface area contributed by atoms with Crippen LogP contribution in [0.1, 0.15) is 38.8 Å². The summed E-state index contributed by atoms with van der Waals surface area (Å²) in [6.07, 6.45) is 3.93. The van der Waals surface area contributed by atoms with Crippen LogP contribution in [0.15, 0.2) is 18.5 Å². The Kier molecular flexibility index (Phi) is 4.77. The molecule has 0 aliphatic heterocycles. The molecule has 6 heteroatoms. The van der Waals surface area contributed by atoms with Crippen molar-refractivity contribution in [2.75, 3.05) is 25.1 Å². The summed E-state index contributed by atoms with van der Waals surface area (Å²) in [5.41, 5.74) is 2.00. The normalized spacial score (nSPS) is 11.1. The number of methoxy groups -OCH3 is 1. The number of hydrogen-bond acceptors (Lipinski definition) is 5. The summed E-state index contributed by atoms with van der Waals surface area (Å²) in [6, 6.07) is 2.06. The molecule has 0 fully saturated rings. The van der Waals surface area contributed by atoms with Crippen molar-refractivity contribution in [3.05, 3.63) is 24.2 Å². The van der Waals surface area contributed by atoms with Gasteiger partial charge >= 0.3 is 5.97 Å². The van der Waals surface area contributed by atoms with Crippen LogP contribution in [-0.2, 0) is 9.53 Å². The van der Waals surface area contributed by atoms with E-state index in [0.29, 0.717) is 18.9 Å². The fourth-order valence-corrected chi connectivity index (χ4v) is 2.20. The summed E-state index contributed by atoms with van der Waals surface area (Å²) in [6.45, 7) is 7.62. The molecule has 2 rings (SSSR count). The largest absolute Gasteiger partial charge is 0.469 e. The van der Waals surface area contributed by atoms with Crippen LogP contribution in [0, 0.1) is 0 Å². The predicted octanol–water partition coefficient (Wildman–Crippen LogP) is 2.24. The van der Waals surface area contributed by atoms with Crippen LogP contribution >= 0.6 is 0 Å². The molecule has 2 heterocycles. The number of fused-ring (bicyclic) bond motifs is 1. The van der Waals surface area contributed by atoms with Crippen molar-refractivity contribution in [2.45, 2.75) is 33.1 Å². The quantitative estimate of drug-likeness (QED) is 0.764. The van der Waals surface area contributed by atoms with E-state index in [-0.39, 0.29) is 5.97 Å². The second kappa shape index (κ2) is 6.56. The van der Waals surface area contributed by atoms with Crippen LogP contribution in [0.5, 0.6) is 0 Å². The minimum atomic E-state index is -0.211. The van der Waals surface area contributed by atoms with E-state index < -0.39 is 0 Å². The van der Waals surface area contributed by atoms with E-state index in [1.165, 1.54) is 7.11 Å². The number of esters is 1. The summed E-state index contributed by atoms with van der Waals surface area (Å²) in [7, 11) is 1.41. The van der Waals surface area contributed by atoms with E-state index in [1.54, 1.807) is 6.20 Å². The van der Waals surface area contributed by atoms with Crippen LogP contribution in [0.2, 0.25) is 0 Å². The van der Waals surface area contributed by atoms with Gasteiger partial charge in [-0.1, -0.05) is 13.8 Å². The third-order valence-corrected chi connectivity index (χ3v) is 3.47. The van der Waals surface area contributed by atoms with Crippen molar-refractivity contribution in [3.8, 4) is 0 Å². The van der Waals surface area contributed by atoms with Gasteiger partial charge in [0.25, 0.3) is 0 Å². The van der Waals surface area contributed by atoms with Gasteiger partial charge in [0.2, 0.25) is 0 Å². The van der Waals surface area contributed by atoms with Crippen LogP contribution in [0.3, 0.4) is 0 Å². The first-order valence-electron chi connectivity index (χ1n) is 7.22. The Hall–Kier alpha value is -2.11. The standard InChI is InChI=1S/C15H22N4O2/c1-5-18(8-6-14(20)21-4)15-13-10-12(11(2)3)17-19(13)9-7-16-15/h7,9-11H,5-6,8H2,1-4H3. The summed E-state index contributed by atoms with van der Waals surface area (Å²) < 4.78 is 6.55. The Balaban J connectivity index is 2.32. The number of aromatic nitrogens is 3. The maximum absolute atomic E-state index is 11.3. The number of ether oxygens (including phenoxy) is 1. The highest BCUT2D eigenvalue weighted by molar-refractivity contribution is 5.72. The van der Waals surface area contributed by atoms with Crippen molar-refractivity contribution in [3.63, 3.8) is 0 Å². The van der Waals surface area contributed by atoms with E-state index in [0.717, 1.165) is 23.6 Å². The number of nitrogens with zero attached hydrogens (tertiary/aromatic N) is 4. The van der Waals surface area contributed by atoms with Crippen molar-refractivity contribution >= 4 is 17.3 Å². The summed E-state index contributed by atoms with van der Waals surface area (Å²) in [5.74, 6) is 1.00. The molecule has 0 bridgehead atoms. The fraction of sp³-hybridized carbons (Fsp3) is 0.533. The zero-order valence-electron chi connectivity index (χ0n) is 13.0. The number of anilines is 1. The van der Waals surface area contributed by atoms with E-state index in [9.17, 15) is 4.79 Å².